The molecule has 0 atom stereocenters. The molecule has 9 heteroatoms. The summed E-state index contributed by atoms with van der Waals surface area (Å²) in [6.45, 7) is 2.82. The van der Waals surface area contributed by atoms with Crippen LogP contribution in [0.25, 0.3) is 11.0 Å². The second kappa shape index (κ2) is 7.38. The van der Waals surface area contributed by atoms with E-state index < -0.39 is 17.4 Å². The molecule has 0 unspecified atom stereocenters. The maximum absolute atomic E-state index is 12.6. The second-order valence-corrected chi connectivity index (χ2v) is 7.18. The van der Waals surface area contributed by atoms with Gasteiger partial charge < -0.3 is 4.98 Å². The monoisotopic (exact) mass is 391 g/mol. The fraction of sp³-hybridized carbons (Fsp3) is 0.421. The van der Waals surface area contributed by atoms with Gasteiger partial charge in [0.05, 0.1) is 23.9 Å². The highest BCUT2D eigenvalue weighted by molar-refractivity contribution is 5.74. The SMILES string of the molecule is O=c1cc(C(F)(F)F)ncn1CC1CCN(Cc2nc3ccccc3[nH]2)CC1. The molecule has 1 fully saturated rings. The minimum Gasteiger partial charge on any atom is -0.341 e. The number of imidazole rings is 1. The number of alkyl halides is 3. The predicted octanol–water partition coefficient (Wildman–Crippen LogP) is 3.05. The molecular weight excluding hydrogens is 371 g/mol. The Bertz CT molecular complexity index is 985. The van der Waals surface area contributed by atoms with Crippen molar-refractivity contribution in [3.8, 4) is 0 Å². The summed E-state index contributed by atoms with van der Waals surface area (Å²) in [5.74, 6) is 1.16. The number of hydrogen-bond acceptors (Lipinski definition) is 4. The van der Waals surface area contributed by atoms with Crippen LogP contribution in [0.3, 0.4) is 0 Å². The van der Waals surface area contributed by atoms with Crippen molar-refractivity contribution in [3.63, 3.8) is 0 Å². The fourth-order valence-corrected chi connectivity index (χ4v) is 3.62. The zero-order chi connectivity index (χ0) is 19.7. The lowest BCUT2D eigenvalue weighted by atomic mass is 9.96. The predicted molar refractivity (Wildman–Crippen MR) is 97.6 cm³/mol. The van der Waals surface area contributed by atoms with Crippen molar-refractivity contribution in [1.29, 1.82) is 0 Å². The van der Waals surface area contributed by atoms with Crippen LogP contribution in [0.15, 0.2) is 41.5 Å². The molecule has 0 spiro atoms. The molecule has 1 aromatic carbocycles. The largest absolute Gasteiger partial charge is 0.433 e. The lowest BCUT2D eigenvalue weighted by molar-refractivity contribution is -0.141. The molecule has 1 N–H and O–H groups in total. The third kappa shape index (κ3) is 4.09. The molecule has 0 aliphatic carbocycles. The molecule has 2 aromatic heterocycles. The molecule has 3 heterocycles. The minimum atomic E-state index is -4.60. The van der Waals surface area contributed by atoms with Gasteiger partial charge in [0.1, 0.15) is 5.82 Å². The lowest BCUT2D eigenvalue weighted by Crippen LogP contribution is -2.36. The molecule has 0 amide bonds. The number of fused-ring (bicyclic) bond motifs is 1. The number of piperidine rings is 1. The highest BCUT2D eigenvalue weighted by atomic mass is 19.4. The quantitative estimate of drug-likeness (QED) is 0.742. The van der Waals surface area contributed by atoms with Crippen molar-refractivity contribution in [1.82, 2.24) is 24.4 Å². The van der Waals surface area contributed by atoms with Crippen LogP contribution >= 0.6 is 0 Å². The highest BCUT2D eigenvalue weighted by Crippen LogP contribution is 2.26. The highest BCUT2D eigenvalue weighted by Gasteiger charge is 2.33. The first-order valence-electron chi connectivity index (χ1n) is 9.18. The molecule has 0 bridgehead atoms. The summed E-state index contributed by atoms with van der Waals surface area (Å²) in [7, 11) is 0. The third-order valence-electron chi connectivity index (χ3n) is 5.14. The van der Waals surface area contributed by atoms with E-state index in [4.69, 9.17) is 0 Å². The van der Waals surface area contributed by atoms with Crippen molar-refractivity contribution < 1.29 is 13.2 Å². The Morgan fingerprint density at radius 3 is 2.61 bits per heavy atom. The Morgan fingerprint density at radius 2 is 1.93 bits per heavy atom. The van der Waals surface area contributed by atoms with E-state index in [2.05, 4.69) is 19.9 Å². The van der Waals surface area contributed by atoms with Gasteiger partial charge in [-0.15, -0.1) is 0 Å². The van der Waals surface area contributed by atoms with Gasteiger partial charge in [0.2, 0.25) is 0 Å². The number of nitrogens with one attached hydrogen (secondary N) is 1. The van der Waals surface area contributed by atoms with Crippen molar-refractivity contribution in [2.45, 2.75) is 32.1 Å². The smallest absolute Gasteiger partial charge is 0.341 e. The minimum absolute atomic E-state index is 0.239. The van der Waals surface area contributed by atoms with E-state index in [-0.39, 0.29) is 5.92 Å². The zero-order valence-electron chi connectivity index (χ0n) is 15.1. The number of aromatic amines is 1. The Hall–Kier alpha value is -2.68. The number of halogens is 3. The zero-order valence-corrected chi connectivity index (χ0v) is 15.1. The van der Waals surface area contributed by atoms with Crippen LogP contribution in [0, 0.1) is 5.92 Å². The summed E-state index contributed by atoms with van der Waals surface area (Å²) in [5.41, 5.74) is 0.157. The van der Waals surface area contributed by atoms with E-state index in [0.29, 0.717) is 12.6 Å². The van der Waals surface area contributed by atoms with Gasteiger partial charge in [-0.25, -0.2) is 9.97 Å². The maximum atomic E-state index is 12.6. The van der Waals surface area contributed by atoms with Crippen molar-refractivity contribution in [2.24, 2.45) is 5.92 Å². The van der Waals surface area contributed by atoms with Crippen molar-refractivity contribution in [2.75, 3.05) is 13.1 Å². The van der Waals surface area contributed by atoms with Crippen LogP contribution in [-0.2, 0) is 19.3 Å². The third-order valence-corrected chi connectivity index (χ3v) is 5.14. The lowest BCUT2D eigenvalue weighted by Gasteiger charge is -2.31. The first-order valence-corrected chi connectivity index (χ1v) is 9.18. The van der Waals surface area contributed by atoms with Crippen LogP contribution in [0.5, 0.6) is 0 Å². The van der Waals surface area contributed by atoms with E-state index >= 15 is 0 Å². The number of benzene rings is 1. The van der Waals surface area contributed by atoms with Gasteiger partial charge in [-0.2, -0.15) is 13.2 Å². The van der Waals surface area contributed by atoms with Gasteiger partial charge in [-0.1, -0.05) is 12.1 Å². The standard InChI is InChI=1S/C19H20F3N5O/c20-19(21,22)16-9-18(28)27(12-23-16)10-13-5-7-26(8-6-13)11-17-24-14-3-1-2-4-15(14)25-17/h1-4,9,12-13H,5-8,10-11H2,(H,24,25). The first kappa shape index (κ1) is 18.7. The van der Waals surface area contributed by atoms with Crippen LogP contribution < -0.4 is 5.56 Å². The normalized spacial score (nSPS) is 16.7. The van der Waals surface area contributed by atoms with E-state index in [1.54, 1.807) is 0 Å². The van der Waals surface area contributed by atoms with Gasteiger partial charge in [-0.05, 0) is 44.0 Å². The number of nitrogens with zero attached hydrogens (tertiary/aromatic N) is 4. The summed E-state index contributed by atoms with van der Waals surface area (Å²) in [6.07, 6.45) is -1.85. The van der Waals surface area contributed by atoms with Crippen molar-refractivity contribution >= 4 is 11.0 Å². The topological polar surface area (TPSA) is 66.8 Å². The van der Waals surface area contributed by atoms with Crippen LogP contribution in [0.4, 0.5) is 13.2 Å². The summed E-state index contributed by atoms with van der Waals surface area (Å²) in [4.78, 5) is 25.5. The Labute approximate surface area is 159 Å². The number of hydrogen-bond donors (Lipinski definition) is 1. The summed E-state index contributed by atoms with van der Waals surface area (Å²) in [6, 6.07) is 8.45. The number of rotatable bonds is 4. The summed E-state index contributed by atoms with van der Waals surface area (Å²) < 4.78 is 39.1. The van der Waals surface area contributed by atoms with Gasteiger partial charge in [0, 0.05) is 12.6 Å². The molecule has 1 saturated heterocycles. The Balaban J connectivity index is 1.33. The van der Waals surface area contributed by atoms with E-state index in [0.717, 1.165) is 55.7 Å². The molecule has 6 nitrogen and oxygen atoms in total. The molecule has 4 rings (SSSR count). The van der Waals surface area contributed by atoms with Gasteiger partial charge in [0.25, 0.3) is 5.56 Å². The van der Waals surface area contributed by atoms with E-state index in [1.165, 1.54) is 4.57 Å². The molecule has 0 radical (unpaired) electrons. The molecule has 148 valence electrons. The average molecular weight is 391 g/mol. The van der Waals surface area contributed by atoms with Gasteiger partial charge in [0.15, 0.2) is 5.69 Å². The van der Waals surface area contributed by atoms with E-state index in [9.17, 15) is 18.0 Å². The Morgan fingerprint density at radius 1 is 1.18 bits per heavy atom. The Kier molecular flexibility index (Phi) is 4.92. The molecule has 1 aliphatic rings. The maximum Gasteiger partial charge on any atom is 0.433 e. The number of aromatic nitrogens is 4. The molecular formula is C19H20F3N5O. The number of H-pyrrole nitrogens is 1. The first-order chi connectivity index (χ1) is 13.4. The molecule has 28 heavy (non-hydrogen) atoms. The second-order valence-electron chi connectivity index (χ2n) is 7.18. The summed E-state index contributed by atoms with van der Waals surface area (Å²) >= 11 is 0. The number of likely N-dealkylation sites (tertiary alicyclic amines) is 1. The molecule has 1 aliphatic heterocycles. The van der Waals surface area contributed by atoms with E-state index in [1.807, 2.05) is 24.3 Å². The molecule has 0 saturated carbocycles. The van der Waals surface area contributed by atoms with Crippen LogP contribution in [0.1, 0.15) is 24.4 Å². The van der Waals surface area contributed by atoms with Gasteiger partial charge in [-0.3, -0.25) is 14.3 Å². The van der Waals surface area contributed by atoms with Crippen LogP contribution in [0.2, 0.25) is 0 Å². The van der Waals surface area contributed by atoms with Crippen LogP contribution in [-0.4, -0.2) is 37.5 Å². The number of para-hydroxylation sites is 2. The summed E-state index contributed by atoms with van der Waals surface area (Å²) in [5, 5.41) is 0. The fourth-order valence-electron chi connectivity index (χ4n) is 3.62. The average Bonchev–Trinajstić information content (AvgIpc) is 3.06. The molecule has 3 aromatic rings. The van der Waals surface area contributed by atoms with Crippen molar-refractivity contribution in [3.05, 3.63) is 58.5 Å². The van der Waals surface area contributed by atoms with Gasteiger partial charge >= 0.3 is 6.18 Å².